The van der Waals surface area contributed by atoms with Gasteiger partial charge < -0.3 is 10.2 Å². The van der Waals surface area contributed by atoms with E-state index >= 15 is 0 Å². The molecule has 7 heteroatoms. The molecule has 4 amide bonds. The van der Waals surface area contributed by atoms with Gasteiger partial charge in [0.2, 0.25) is 5.91 Å². The Labute approximate surface area is 164 Å². The zero-order valence-electron chi connectivity index (χ0n) is 15.8. The lowest BCUT2D eigenvalue weighted by Crippen LogP contribution is -2.54. The summed E-state index contributed by atoms with van der Waals surface area (Å²) in [6, 6.07) is 6.86. The number of hydrogen-bond acceptors (Lipinski definition) is 3. The first-order valence-electron chi connectivity index (χ1n) is 9.53. The van der Waals surface area contributed by atoms with Crippen molar-refractivity contribution >= 4 is 29.4 Å². The monoisotopic (exact) mass is 391 g/mol. The minimum Gasteiger partial charge on any atom is -0.337 e. The van der Waals surface area contributed by atoms with Crippen molar-refractivity contribution in [3.8, 4) is 0 Å². The molecule has 1 aliphatic heterocycles. The summed E-state index contributed by atoms with van der Waals surface area (Å²) in [6.07, 6.45) is 3.52. The summed E-state index contributed by atoms with van der Waals surface area (Å²) in [5.74, 6) is -0.426. The third-order valence-corrected chi connectivity index (χ3v) is 6.03. The van der Waals surface area contributed by atoms with E-state index < -0.39 is 11.6 Å². The van der Waals surface area contributed by atoms with Crippen LogP contribution in [0.1, 0.15) is 45.1 Å². The number of urea groups is 1. The Morgan fingerprint density at radius 3 is 2.81 bits per heavy atom. The zero-order valence-corrected chi connectivity index (χ0v) is 16.6. The highest BCUT2D eigenvalue weighted by Crippen LogP contribution is 2.38. The lowest BCUT2D eigenvalue weighted by atomic mass is 9.73. The highest BCUT2D eigenvalue weighted by Gasteiger charge is 2.55. The number of halogens is 1. The molecule has 2 fully saturated rings. The largest absolute Gasteiger partial charge is 0.337 e. The first-order valence-corrected chi connectivity index (χ1v) is 9.91. The van der Waals surface area contributed by atoms with Crippen LogP contribution >= 0.6 is 11.6 Å². The molecule has 1 aromatic carbocycles. The molecule has 146 valence electrons. The van der Waals surface area contributed by atoms with Crippen molar-refractivity contribution in [1.29, 1.82) is 0 Å². The van der Waals surface area contributed by atoms with Crippen LogP contribution in [0.25, 0.3) is 0 Å². The molecule has 3 rings (SSSR count). The van der Waals surface area contributed by atoms with Crippen molar-refractivity contribution in [2.45, 2.75) is 51.6 Å². The molecule has 0 radical (unpaired) electrons. The molecule has 2 atom stereocenters. The van der Waals surface area contributed by atoms with Gasteiger partial charge in [-0.15, -0.1) is 0 Å². The van der Waals surface area contributed by atoms with E-state index in [0.717, 1.165) is 29.7 Å². The molecule has 2 unspecified atom stereocenters. The second-order valence-electron chi connectivity index (χ2n) is 7.48. The summed E-state index contributed by atoms with van der Waals surface area (Å²) in [5, 5.41) is 3.50. The van der Waals surface area contributed by atoms with Crippen LogP contribution in [-0.2, 0) is 16.1 Å². The van der Waals surface area contributed by atoms with E-state index in [1.54, 1.807) is 11.0 Å². The van der Waals surface area contributed by atoms with Gasteiger partial charge in [-0.1, -0.05) is 43.5 Å². The standard InChI is InChI=1S/C20H26ClN3O3/c1-3-23(12-15-8-6-9-16(21)11-15)17(25)13-24-18(26)20(22-19(24)27)10-5-4-7-14(20)2/h6,8-9,11,14H,3-5,7,10,12-13H2,1-2H3,(H,22,27). The van der Waals surface area contributed by atoms with Crippen molar-refractivity contribution in [2.75, 3.05) is 13.1 Å². The Kier molecular flexibility index (Phi) is 5.75. The molecule has 1 saturated heterocycles. The maximum atomic E-state index is 13.0. The third kappa shape index (κ3) is 3.81. The van der Waals surface area contributed by atoms with E-state index in [0.29, 0.717) is 24.5 Å². The van der Waals surface area contributed by atoms with Gasteiger partial charge in [0.1, 0.15) is 12.1 Å². The number of hydrogen-bond donors (Lipinski definition) is 1. The van der Waals surface area contributed by atoms with Crippen LogP contribution in [0.15, 0.2) is 24.3 Å². The summed E-state index contributed by atoms with van der Waals surface area (Å²) >= 11 is 6.01. The Morgan fingerprint density at radius 2 is 2.15 bits per heavy atom. The van der Waals surface area contributed by atoms with Gasteiger partial charge in [-0.05, 0) is 43.4 Å². The molecule has 6 nitrogen and oxygen atoms in total. The van der Waals surface area contributed by atoms with E-state index in [1.807, 2.05) is 32.0 Å². The van der Waals surface area contributed by atoms with Crippen LogP contribution in [0.4, 0.5) is 4.79 Å². The maximum Gasteiger partial charge on any atom is 0.325 e. The summed E-state index contributed by atoms with van der Waals surface area (Å²) in [4.78, 5) is 41.0. The van der Waals surface area contributed by atoms with E-state index in [9.17, 15) is 14.4 Å². The van der Waals surface area contributed by atoms with Crippen molar-refractivity contribution < 1.29 is 14.4 Å². The second-order valence-corrected chi connectivity index (χ2v) is 7.91. The van der Waals surface area contributed by atoms with Crippen LogP contribution in [-0.4, -0.2) is 46.3 Å². The fraction of sp³-hybridized carbons (Fsp3) is 0.550. The molecular formula is C20H26ClN3O3. The summed E-state index contributed by atoms with van der Waals surface area (Å²) in [6.45, 7) is 4.52. The fourth-order valence-corrected chi connectivity index (χ4v) is 4.32. The van der Waals surface area contributed by atoms with Crippen molar-refractivity contribution in [1.82, 2.24) is 15.1 Å². The van der Waals surface area contributed by atoms with Crippen LogP contribution in [0.3, 0.4) is 0 Å². The number of benzene rings is 1. The van der Waals surface area contributed by atoms with Gasteiger partial charge >= 0.3 is 6.03 Å². The minimum atomic E-state index is -0.834. The lowest BCUT2D eigenvalue weighted by molar-refractivity contribution is -0.140. The van der Waals surface area contributed by atoms with Gasteiger partial charge in [-0.25, -0.2) is 4.79 Å². The zero-order chi connectivity index (χ0) is 19.6. The highest BCUT2D eigenvalue weighted by atomic mass is 35.5. The minimum absolute atomic E-state index is 0.0801. The number of nitrogens with one attached hydrogen (secondary N) is 1. The third-order valence-electron chi connectivity index (χ3n) is 5.79. The Hall–Kier alpha value is -2.08. The quantitative estimate of drug-likeness (QED) is 0.783. The van der Waals surface area contributed by atoms with Crippen LogP contribution in [0.2, 0.25) is 5.02 Å². The van der Waals surface area contributed by atoms with E-state index in [1.165, 1.54) is 0 Å². The highest BCUT2D eigenvalue weighted by molar-refractivity contribution is 6.30. The molecule has 27 heavy (non-hydrogen) atoms. The smallest absolute Gasteiger partial charge is 0.325 e. The number of rotatable bonds is 5. The predicted molar refractivity (Wildman–Crippen MR) is 103 cm³/mol. The van der Waals surface area contributed by atoms with Gasteiger partial charge in [-0.2, -0.15) is 0 Å². The molecule has 2 aliphatic rings. The number of likely N-dealkylation sites (N-methyl/N-ethyl adjacent to an activating group) is 1. The molecular weight excluding hydrogens is 366 g/mol. The number of carbonyl (C=O) groups is 3. The van der Waals surface area contributed by atoms with Gasteiger partial charge in [0, 0.05) is 18.1 Å². The van der Waals surface area contributed by atoms with Crippen LogP contribution in [0, 0.1) is 5.92 Å². The number of amides is 4. The maximum absolute atomic E-state index is 13.0. The van der Waals surface area contributed by atoms with Gasteiger partial charge in [0.25, 0.3) is 5.91 Å². The predicted octanol–water partition coefficient (Wildman–Crippen LogP) is 3.19. The molecule has 1 spiro atoms. The summed E-state index contributed by atoms with van der Waals surface area (Å²) in [7, 11) is 0. The fourth-order valence-electron chi connectivity index (χ4n) is 4.11. The first-order chi connectivity index (χ1) is 12.9. The van der Waals surface area contributed by atoms with Crippen molar-refractivity contribution in [3.63, 3.8) is 0 Å². The van der Waals surface area contributed by atoms with Crippen LogP contribution in [0.5, 0.6) is 0 Å². The molecule has 1 N–H and O–H groups in total. The normalized spacial score (nSPS) is 25.0. The Bertz CT molecular complexity index is 754. The topological polar surface area (TPSA) is 69.7 Å². The van der Waals surface area contributed by atoms with E-state index in [-0.39, 0.29) is 24.3 Å². The Balaban J connectivity index is 1.70. The van der Waals surface area contributed by atoms with Crippen molar-refractivity contribution in [3.05, 3.63) is 34.9 Å². The van der Waals surface area contributed by atoms with Crippen LogP contribution < -0.4 is 5.32 Å². The van der Waals surface area contributed by atoms with Crippen molar-refractivity contribution in [2.24, 2.45) is 5.92 Å². The molecule has 1 saturated carbocycles. The molecule has 1 aliphatic carbocycles. The second kappa shape index (κ2) is 7.89. The lowest BCUT2D eigenvalue weighted by Gasteiger charge is -2.36. The Morgan fingerprint density at radius 1 is 1.37 bits per heavy atom. The van der Waals surface area contributed by atoms with Gasteiger partial charge in [-0.3, -0.25) is 14.5 Å². The van der Waals surface area contributed by atoms with Gasteiger partial charge in [0.05, 0.1) is 0 Å². The summed E-state index contributed by atoms with van der Waals surface area (Å²) in [5.41, 5.74) is 0.0758. The number of carbonyl (C=O) groups excluding carboxylic acids is 3. The molecule has 0 aromatic heterocycles. The first kappa shape index (κ1) is 19.7. The summed E-state index contributed by atoms with van der Waals surface area (Å²) < 4.78 is 0. The van der Waals surface area contributed by atoms with E-state index in [2.05, 4.69) is 5.32 Å². The molecule has 1 heterocycles. The average Bonchev–Trinajstić information content (AvgIpc) is 2.87. The number of imide groups is 1. The SMILES string of the molecule is CCN(Cc1cccc(Cl)c1)C(=O)CN1C(=O)NC2(CCCCC2C)C1=O. The molecule has 0 bridgehead atoms. The number of nitrogens with zero attached hydrogens (tertiary/aromatic N) is 2. The van der Waals surface area contributed by atoms with E-state index in [4.69, 9.17) is 11.6 Å². The average molecular weight is 392 g/mol. The van der Waals surface area contributed by atoms with Gasteiger partial charge in [0.15, 0.2) is 0 Å². The molecule has 1 aromatic rings.